The summed E-state index contributed by atoms with van der Waals surface area (Å²) in [5.41, 5.74) is -1.35. The molecule has 0 radical (unpaired) electrons. The lowest BCUT2D eigenvalue weighted by atomic mass is 9.91. The van der Waals surface area contributed by atoms with E-state index in [1.807, 2.05) is 0 Å². The first-order valence-corrected chi connectivity index (χ1v) is 20.9. The van der Waals surface area contributed by atoms with Crippen LogP contribution in [0.25, 0.3) is 0 Å². The Bertz CT molecular complexity index is 1960. The van der Waals surface area contributed by atoms with Crippen molar-refractivity contribution in [2.75, 3.05) is 13.2 Å². The van der Waals surface area contributed by atoms with Crippen LogP contribution in [-0.2, 0) is 66.0 Å². The van der Waals surface area contributed by atoms with Gasteiger partial charge in [0.05, 0.1) is 48.7 Å². The SMILES string of the molecule is C/C=C/C(=O)OC1CC/C=C\[C@@H]2C[C@@]2(C(=O)NS(=O)(=O)C2CC2)CC(=O)[C@@H]2C[C@@H](OC(=O)N3Cc4cccc(F)c4C3)CN2C(=O)[C@@H](CC(=O)OC(C)(C)C)CO1. The Morgan fingerprint density at radius 1 is 1.09 bits per heavy atom. The number of esters is 2. The molecule has 3 amide bonds. The first kappa shape index (κ1) is 42.0. The summed E-state index contributed by atoms with van der Waals surface area (Å²) in [5.74, 6) is -5.75. The fourth-order valence-corrected chi connectivity index (χ4v) is 9.03. The van der Waals surface area contributed by atoms with Crippen molar-refractivity contribution in [3.8, 4) is 0 Å². The number of rotatable bonds is 8. The number of ketones is 1. The molecule has 6 atom stereocenters. The minimum Gasteiger partial charge on any atom is -0.460 e. The van der Waals surface area contributed by atoms with E-state index in [1.54, 1.807) is 52.0 Å². The normalized spacial score (nSPS) is 28.7. The monoisotopic (exact) mass is 815 g/mol. The summed E-state index contributed by atoms with van der Waals surface area (Å²) in [4.78, 5) is 84.5. The van der Waals surface area contributed by atoms with Crippen LogP contribution in [0.1, 0.15) is 90.2 Å². The molecular formula is C40H50FN3O12S. The molecule has 15 nitrogen and oxygen atoms in total. The Kier molecular flexibility index (Phi) is 12.3. The highest BCUT2D eigenvalue weighted by molar-refractivity contribution is 7.90. The number of allylic oxidation sites excluding steroid dienone is 3. The van der Waals surface area contributed by atoms with Gasteiger partial charge in [-0.05, 0) is 70.9 Å². The minimum atomic E-state index is -3.96. The molecule has 5 aliphatic rings. The zero-order chi connectivity index (χ0) is 41.3. The number of hydrogen-bond donors (Lipinski definition) is 1. The molecule has 1 unspecified atom stereocenters. The van der Waals surface area contributed by atoms with E-state index in [1.165, 1.54) is 28.0 Å². The number of carbonyl (C=O) groups is 6. The number of Topliss-reactive ketones (excluding diaryl/α,β-unsaturated/α-hetero) is 1. The molecule has 0 bridgehead atoms. The molecule has 1 aromatic carbocycles. The van der Waals surface area contributed by atoms with E-state index in [9.17, 15) is 41.6 Å². The maximum absolute atomic E-state index is 14.6. The van der Waals surface area contributed by atoms with Crippen molar-refractivity contribution in [3.63, 3.8) is 0 Å². The number of amides is 3. The van der Waals surface area contributed by atoms with Gasteiger partial charge in [0, 0.05) is 37.4 Å². The zero-order valence-corrected chi connectivity index (χ0v) is 33.4. The standard InChI is InChI=1S/C40H50FN3O12S/c1-5-9-33(46)55-35-13-7-6-11-26-18-40(26,37(49)42-57(51,52)28-14-15-28)19-32(45)31-17-27(54-38(50)43-20-24-10-8-12-30(41)29(24)22-43)21-44(31)36(48)25(23-53-35)16-34(47)56-39(2,3)4/h5-6,8-12,25-28,31,35H,7,13-23H2,1-4H3,(H,42,49)/b9-5+,11-6-/t25-,26+,27+,31-,35?,40+/m0/s1. The second kappa shape index (κ2) is 16.7. The topological polar surface area (TPSA) is 192 Å². The van der Waals surface area contributed by atoms with Gasteiger partial charge in [0.1, 0.15) is 17.5 Å². The summed E-state index contributed by atoms with van der Waals surface area (Å²) in [6, 6.07) is 3.31. The lowest BCUT2D eigenvalue weighted by molar-refractivity contribution is -0.181. The molecule has 0 aromatic heterocycles. The minimum absolute atomic E-state index is 0.0377. The number of benzene rings is 1. The average Bonchev–Trinajstić information content (AvgIpc) is 4.01. The van der Waals surface area contributed by atoms with Crippen LogP contribution >= 0.6 is 0 Å². The Hall–Kier alpha value is -4.64. The highest BCUT2D eigenvalue weighted by atomic mass is 32.2. The molecule has 310 valence electrons. The third-order valence-corrected chi connectivity index (χ3v) is 12.6. The molecule has 0 spiro atoms. The second-order valence-corrected chi connectivity index (χ2v) is 18.4. The van der Waals surface area contributed by atoms with Crippen molar-refractivity contribution in [2.24, 2.45) is 17.3 Å². The molecular weight excluding hydrogens is 766 g/mol. The molecule has 57 heavy (non-hydrogen) atoms. The summed E-state index contributed by atoms with van der Waals surface area (Å²) < 4.78 is 65.3. The summed E-state index contributed by atoms with van der Waals surface area (Å²) in [5, 5.41) is -0.689. The maximum Gasteiger partial charge on any atom is 0.410 e. The third kappa shape index (κ3) is 10.1. The van der Waals surface area contributed by atoms with Crippen molar-refractivity contribution in [1.29, 1.82) is 0 Å². The summed E-state index contributed by atoms with van der Waals surface area (Å²) in [6.07, 6.45) is 3.55. The fourth-order valence-electron chi connectivity index (χ4n) is 7.64. The van der Waals surface area contributed by atoms with E-state index in [2.05, 4.69) is 4.72 Å². The van der Waals surface area contributed by atoms with Crippen LogP contribution in [0.2, 0.25) is 0 Å². The van der Waals surface area contributed by atoms with Gasteiger partial charge in [-0.2, -0.15) is 0 Å². The van der Waals surface area contributed by atoms with Crippen molar-refractivity contribution in [2.45, 2.75) is 121 Å². The van der Waals surface area contributed by atoms with Gasteiger partial charge in [-0.15, -0.1) is 0 Å². The molecule has 17 heteroatoms. The van der Waals surface area contributed by atoms with Gasteiger partial charge in [0.2, 0.25) is 28.1 Å². The number of halogens is 1. The van der Waals surface area contributed by atoms with Gasteiger partial charge < -0.3 is 23.8 Å². The van der Waals surface area contributed by atoms with Gasteiger partial charge in [0.25, 0.3) is 0 Å². The molecule has 3 fully saturated rings. The number of ether oxygens (including phenoxy) is 4. The molecule has 1 aromatic rings. The summed E-state index contributed by atoms with van der Waals surface area (Å²) in [7, 11) is -3.96. The lowest BCUT2D eigenvalue weighted by Gasteiger charge is -2.30. The second-order valence-electron chi connectivity index (χ2n) is 16.5. The van der Waals surface area contributed by atoms with Gasteiger partial charge >= 0.3 is 18.0 Å². The van der Waals surface area contributed by atoms with Crippen LogP contribution in [0.4, 0.5) is 9.18 Å². The Labute approximate surface area is 331 Å². The van der Waals surface area contributed by atoms with E-state index in [4.69, 9.17) is 18.9 Å². The Balaban J connectivity index is 1.30. The van der Waals surface area contributed by atoms with Crippen LogP contribution < -0.4 is 4.72 Å². The van der Waals surface area contributed by atoms with E-state index in [-0.39, 0.29) is 45.3 Å². The van der Waals surface area contributed by atoms with E-state index < -0.39 is 117 Å². The van der Waals surface area contributed by atoms with Crippen molar-refractivity contribution < 1.29 is 60.5 Å². The molecule has 1 saturated heterocycles. The van der Waals surface area contributed by atoms with Crippen molar-refractivity contribution in [3.05, 3.63) is 59.4 Å². The Morgan fingerprint density at radius 2 is 1.84 bits per heavy atom. The lowest BCUT2D eigenvalue weighted by Crippen LogP contribution is -2.47. The highest BCUT2D eigenvalue weighted by Crippen LogP contribution is 2.57. The van der Waals surface area contributed by atoms with Crippen LogP contribution in [-0.4, -0.2) is 96.3 Å². The van der Waals surface area contributed by atoms with E-state index >= 15 is 0 Å². The average molecular weight is 816 g/mol. The number of nitrogens with one attached hydrogen (secondary N) is 1. The van der Waals surface area contributed by atoms with Crippen molar-refractivity contribution >= 4 is 45.7 Å². The number of carbonyl (C=O) groups excluding carboxylic acids is 6. The summed E-state index contributed by atoms with van der Waals surface area (Å²) >= 11 is 0. The van der Waals surface area contributed by atoms with E-state index in [0.29, 0.717) is 24.0 Å². The molecule has 3 aliphatic heterocycles. The highest BCUT2D eigenvalue weighted by Gasteiger charge is 2.61. The van der Waals surface area contributed by atoms with Crippen LogP contribution in [0, 0.1) is 23.1 Å². The molecule has 6 rings (SSSR count). The molecule has 2 aliphatic carbocycles. The molecule has 2 saturated carbocycles. The molecule has 3 heterocycles. The number of hydrogen-bond acceptors (Lipinski definition) is 12. The first-order chi connectivity index (χ1) is 26.9. The van der Waals surface area contributed by atoms with Gasteiger partial charge in [-0.25, -0.2) is 22.4 Å². The number of fused-ring (bicyclic) bond motifs is 3. The van der Waals surface area contributed by atoms with Gasteiger partial charge in [-0.1, -0.05) is 30.4 Å². The summed E-state index contributed by atoms with van der Waals surface area (Å²) in [6.45, 7) is 6.00. The zero-order valence-electron chi connectivity index (χ0n) is 32.6. The van der Waals surface area contributed by atoms with Gasteiger partial charge in [-0.3, -0.25) is 28.8 Å². The van der Waals surface area contributed by atoms with Crippen LogP contribution in [0.15, 0.2) is 42.5 Å². The first-order valence-electron chi connectivity index (χ1n) is 19.3. The van der Waals surface area contributed by atoms with Crippen LogP contribution in [0.3, 0.4) is 0 Å². The quantitative estimate of drug-likeness (QED) is 0.172. The van der Waals surface area contributed by atoms with Crippen molar-refractivity contribution in [1.82, 2.24) is 14.5 Å². The fraction of sp³-hybridized carbons (Fsp3) is 0.600. The largest absolute Gasteiger partial charge is 0.460 e. The third-order valence-electron chi connectivity index (χ3n) is 10.8. The number of nitrogens with zero attached hydrogens (tertiary/aromatic N) is 2. The predicted molar refractivity (Wildman–Crippen MR) is 199 cm³/mol. The van der Waals surface area contributed by atoms with Gasteiger partial charge in [0.15, 0.2) is 5.78 Å². The number of sulfonamides is 1. The Morgan fingerprint density at radius 3 is 2.53 bits per heavy atom. The maximum atomic E-state index is 14.6. The predicted octanol–water partition coefficient (Wildman–Crippen LogP) is 3.98. The smallest absolute Gasteiger partial charge is 0.410 e. The molecule has 1 N–H and O–H groups in total. The van der Waals surface area contributed by atoms with Crippen LogP contribution in [0.5, 0.6) is 0 Å². The van der Waals surface area contributed by atoms with E-state index in [0.717, 1.165) is 0 Å².